The van der Waals surface area contributed by atoms with Crippen LogP contribution in [0.5, 0.6) is 0 Å². The molecular formula is C16H18N2O3. The van der Waals surface area contributed by atoms with E-state index in [1.54, 1.807) is 6.07 Å². The van der Waals surface area contributed by atoms with Crippen LogP contribution in [0, 0.1) is 0 Å². The second-order valence-electron chi connectivity index (χ2n) is 5.66. The predicted molar refractivity (Wildman–Crippen MR) is 80.6 cm³/mol. The number of aromatic carboxylic acids is 1. The third kappa shape index (κ3) is 2.69. The number of nitrogens with one attached hydrogen (secondary N) is 1. The van der Waals surface area contributed by atoms with Crippen molar-refractivity contribution in [1.29, 1.82) is 0 Å². The Bertz CT molecular complexity index is 678. The van der Waals surface area contributed by atoms with Gasteiger partial charge in [-0.2, -0.15) is 0 Å². The van der Waals surface area contributed by atoms with Crippen LogP contribution in [0.1, 0.15) is 36.0 Å². The second-order valence-corrected chi connectivity index (χ2v) is 5.66. The third-order valence-corrected chi connectivity index (χ3v) is 4.14. The fourth-order valence-electron chi connectivity index (χ4n) is 2.96. The van der Waals surface area contributed by atoms with Gasteiger partial charge >= 0.3 is 5.97 Å². The van der Waals surface area contributed by atoms with Gasteiger partial charge in [-0.1, -0.05) is 37.1 Å². The number of aliphatic hydroxyl groups is 1. The molecule has 110 valence electrons. The minimum Gasteiger partial charge on any atom is -0.478 e. The molecule has 0 aliphatic heterocycles. The van der Waals surface area contributed by atoms with E-state index in [4.69, 9.17) is 0 Å². The van der Waals surface area contributed by atoms with Gasteiger partial charge in [0.1, 0.15) is 5.82 Å². The summed E-state index contributed by atoms with van der Waals surface area (Å²) in [7, 11) is 0. The number of hydrogen-bond acceptors (Lipinski definition) is 4. The Balaban J connectivity index is 1.92. The Morgan fingerprint density at radius 3 is 2.57 bits per heavy atom. The molecule has 0 saturated heterocycles. The van der Waals surface area contributed by atoms with Gasteiger partial charge < -0.3 is 15.5 Å². The first-order valence-corrected chi connectivity index (χ1v) is 7.16. The Morgan fingerprint density at radius 2 is 1.90 bits per heavy atom. The maximum atomic E-state index is 11.2. The van der Waals surface area contributed by atoms with Crippen LogP contribution in [-0.2, 0) is 0 Å². The number of anilines is 1. The summed E-state index contributed by atoms with van der Waals surface area (Å²) in [6.07, 6.45) is 5.05. The van der Waals surface area contributed by atoms with E-state index < -0.39 is 11.6 Å². The van der Waals surface area contributed by atoms with Crippen molar-refractivity contribution in [3.8, 4) is 0 Å². The molecule has 2 aromatic rings. The van der Waals surface area contributed by atoms with Crippen LogP contribution in [0.25, 0.3) is 10.8 Å². The quantitative estimate of drug-likeness (QED) is 0.805. The van der Waals surface area contributed by atoms with Crippen LogP contribution in [0.15, 0.2) is 30.5 Å². The average Bonchev–Trinajstić information content (AvgIpc) is 2.91. The van der Waals surface area contributed by atoms with Gasteiger partial charge in [-0.25, -0.2) is 9.78 Å². The number of nitrogens with zero attached hydrogens (tertiary/aromatic N) is 1. The summed E-state index contributed by atoms with van der Waals surface area (Å²) in [4.78, 5) is 15.5. The van der Waals surface area contributed by atoms with Crippen molar-refractivity contribution in [2.75, 3.05) is 11.9 Å². The zero-order valence-electron chi connectivity index (χ0n) is 11.7. The summed E-state index contributed by atoms with van der Waals surface area (Å²) < 4.78 is 0. The van der Waals surface area contributed by atoms with Gasteiger partial charge in [0.15, 0.2) is 0 Å². The largest absolute Gasteiger partial charge is 0.478 e. The highest BCUT2D eigenvalue weighted by Gasteiger charge is 2.31. The topological polar surface area (TPSA) is 82.5 Å². The first-order chi connectivity index (χ1) is 10.1. The number of aromatic nitrogens is 1. The van der Waals surface area contributed by atoms with Gasteiger partial charge in [0, 0.05) is 23.5 Å². The molecule has 0 amide bonds. The number of carbonyl (C=O) groups is 1. The van der Waals surface area contributed by atoms with Gasteiger partial charge in [0.25, 0.3) is 0 Å². The number of pyridine rings is 1. The zero-order valence-corrected chi connectivity index (χ0v) is 11.7. The fourth-order valence-corrected chi connectivity index (χ4v) is 2.96. The maximum Gasteiger partial charge on any atom is 0.337 e. The lowest BCUT2D eigenvalue weighted by molar-refractivity contribution is 0.0613. The minimum absolute atomic E-state index is 0.190. The average molecular weight is 286 g/mol. The van der Waals surface area contributed by atoms with Crippen LogP contribution in [0.2, 0.25) is 0 Å². The summed E-state index contributed by atoms with van der Waals surface area (Å²) in [6.45, 7) is 0.441. The third-order valence-electron chi connectivity index (χ3n) is 4.14. The maximum absolute atomic E-state index is 11.2. The summed E-state index contributed by atoms with van der Waals surface area (Å²) in [5.41, 5.74) is -0.482. The van der Waals surface area contributed by atoms with E-state index in [2.05, 4.69) is 10.3 Å². The van der Waals surface area contributed by atoms with Gasteiger partial charge in [-0.15, -0.1) is 0 Å². The van der Waals surface area contributed by atoms with Crippen LogP contribution in [0.3, 0.4) is 0 Å². The number of benzene rings is 1. The number of rotatable bonds is 4. The molecule has 1 saturated carbocycles. The Labute approximate surface area is 122 Å². The highest BCUT2D eigenvalue weighted by Crippen LogP contribution is 2.31. The molecule has 1 aromatic heterocycles. The van der Waals surface area contributed by atoms with E-state index in [9.17, 15) is 15.0 Å². The number of carboxylic acids is 1. The van der Waals surface area contributed by atoms with Gasteiger partial charge in [-0.05, 0) is 12.8 Å². The van der Waals surface area contributed by atoms with Gasteiger partial charge in [-0.3, -0.25) is 0 Å². The predicted octanol–water partition coefficient (Wildman–Crippen LogP) is 2.65. The summed E-state index contributed by atoms with van der Waals surface area (Å²) in [6, 6.07) is 7.28. The van der Waals surface area contributed by atoms with Crippen LogP contribution >= 0.6 is 0 Å². The van der Waals surface area contributed by atoms with E-state index in [0.29, 0.717) is 17.7 Å². The lowest BCUT2D eigenvalue weighted by atomic mass is 10.0. The molecule has 3 rings (SSSR count). The first-order valence-electron chi connectivity index (χ1n) is 7.16. The molecule has 5 nitrogen and oxygen atoms in total. The standard InChI is InChI=1S/C16H18N2O3/c19-15(20)13-9-17-14(12-6-2-1-5-11(12)13)18-10-16(21)7-3-4-8-16/h1-2,5-6,9,21H,3-4,7-8,10H2,(H,17,18)(H,19,20). The van der Waals surface area contributed by atoms with E-state index in [1.165, 1.54) is 6.20 Å². The molecule has 21 heavy (non-hydrogen) atoms. The van der Waals surface area contributed by atoms with Crippen LogP contribution < -0.4 is 5.32 Å². The van der Waals surface area contributed by atoms with Crippen molar-refractivity contribution in [2.45, 2.75) is 31.3 Å². The van der Waals surface area contributed by atoms with Crippen molar-refractivity contribution < 1.29 is 15.0 Å². The highest BCUT2D eigenvalue weighted by atomic mass is 16.4. The molecular weight excluding hydrogens is 268 g/mol. The molecule has 5 heteroatoms. The van der Waals surface area contributed by atoms with Crippen LogP contribution in [-0.4, -0.2) is 33.3 Å². The summed E-state index contributed by atoms with van der Waals surface area (Å²) >= 11 is 0. The van der Waals surface area contributed by atoms with Crippen molar-refractivity contribution in [1.82, 2.24) is 4.98 Å². The highest BCUT2D eigenvalue weighted by molar-refractivity contribution is 6.06. The molecule has 0 unspecified atom stereocenters. The second kappa shape index (κ2) is 5.33. The number of hydrogen-bond donors (Lipinski definition) is 3. The van der Waals surface area contributed by atoms with E-state index >= 15 is 0 Å². The molecule has 3 N–H and O–H groups in total. The SMILES string of the molecule is O=C(O)c1cnc(NCC2(O)CCCC2)c2ccccc12. The van der Waals surface area contributed by atoms with Gasteiger partial charge in [0.2, 0.25) is 0 Å². The van der Waals surface area contributed by atoms with Crippen LogP contribution in [0.4, 0.5) is 5.82 Å². The van der Waals surface area contributed by atoms with Crippen molar-refractivity contribution >= 4 is 22.6 Å². The Hall–Kier alpha value is -2.14. The van der Waals surface area contributed by atoms with E-state index in [1.807, 2.05) is 18.2 Å². The molecule has 1 aliphatic rings. The van der Waals surface area contributed by atoms with Gasteiger partial charge in [0.05, 0.1) is 11.2 Å². The lowest BCUT2D eigenvalue weighted by Crippen LogP contribution is -2.33. The Morgan fingerprint density at radius 1 is 1.24 bits per heavy atom. The lowest BCUT2D eigenvalue weighted by Gasteiger charge is -2.23. The van der Waals surface area contributed by atoms with Crippen molar-refractivity contribution in [3.63, 3.8) is 0 Å². The molecule has 0 bridgehead atoms. The van der Waals surface area contributed by atoms with E-state index in [-0.39, 0.29) is 5.56 Å². The summed E-state index contributed by atoms with van der Waals surface area (Å²) in [5.74, 6) is -0.365. The molecule has 1 fully saturated rings. The van der Waals surface area contributed by atoms with Crippen molar-refractivity contribution in [2.24, 2.45) is 0 Å². The van der Waals surface area contributed by atoms with Crippen molar-refractivity contribution in [3.05, 3.63) is 36.0 Å². The first kappa shape index (κ1) is 13.8. The Kier molecular flexibility index (Phi) is 3.51. The molecule has 0 radical (unpaired) electrons. The zero-order chi connectivity index (χ0) is 14.9. The molecule has 0 atom stereocenters. The molecule has 0 spiro atoms. The fraction of sp³-hybridized carbons (Fsp3) is 0.375. The number of carboxylic acid groups (broad SMARTS) is 1. The van der Waals surface area contributed by atoms with E-state index in [0.717, 1.165) is 31.1 Å². The molecule has 1 heterocycles. The molecule has 1 aromatic carbocycles. The minimum atomic E-state index is -0.986. The monoisotopic (exact) mass is 286 g/mol. The summed E-state index contributed by atoms with van der Waals surface area (Å²) in [5, 5.41) is 24.2. The molecule has 1 aliphatic carbocycles. The smallest absolute Gasteiger partial charge is 0.337 e. The normalized spacial score (nSPS) is 17.0. The number of fused-ring (bicyclic) bond motifs is 1.